The van der Waals surface area contributed by atoms with Crippen LogP contribution < -0.4 is 10.2 Å². The summed E-state index contributed by atoms with van der Waals surface area (Å²) in [5, 5.41) is 18.7. The fourth-order valence-electron chi connectivity index (χ4n) is 0.0589. The van der Waals surface area contributed by atoms with Crippen molar-refractivity contribution in [2.75, 3.05) is 13.2 Å². The zero-order chi connectivity index (χ0) is 4.12. The van der Waals surface area contributed by atoms with Crippen molar-refractivity contribution in [3.05, 3.63) is 0 Å². The van der Waals surface area contributed by atoms with Crippen molar-refractivity contribution in [3.8, 4) is 0 Å². The molecule has 0 unspecified atom stereocenters. The SMILES string of the molecule is [O-]CCC[O-]. The van der Waals surface area contributed by atoms with E-state index in [4.69, 9.17) is 0 Å². The molecule has 0 N–H and O–H groups in total. The molecule has 0 atom stereocenters. The van der Waals surface area contributed by atoms with Crippen LogP contribution in [0.4, 0.5) is 0 Å². The number of hydrogen-bond acceptors (Lipinski definition) is 2. The molecule has 2 nitrogen and oxygen atoms in total. The smallest absolute Gasteiger partial charge is 0.0842 e. The van der Waals surface area contributed by atoms with Crippen LogP contribution in [0.2, 0.25) is 0 Å². The third-order valence-corrected chi connectivity index (χ3v) is 0.289. The number of rotatable bonds is 2. The molecule has 0 saturated heterocycles. The normalized spacial score (nSPS) is 8.40. The molecule has 5 heavy (non-hydrogen) atoms. The summed E-state index contributed by atoms with van der Waals surface area (Å²) in [4.78, 5) is 0. The predicted molar refractivity (Wildman–Crippen MR) is 14.4 cm³/mol. The van der Waals surface area contributed by atoms with Crippen molar-refractivity contribution in [1.29, 1.82) is 0 Å². The first-order chi connectivity index (χ1) is 2.41. The zero-order valence-electron chi connectivity index (χ0n) is 2.94. The molecule has 2 heteroatoms. The van der Waals surface area contributed by atoms with Crippen molar-refractivity contribution < 1.29 is 10.2 Å². The molecule has 0 rings (SSSR count). The Kier molecular flexibility index (Phi) is 3.86. The maximum Gasteiger partial charge on any atom is -0.0842 e. The van der Waals surface area contributed by atoms with E-state index in [2.05, 4.69) is 0 Å². The van der Waals surface area contributed by atoms with Crippen LogP contribution in [0.15, 0.2) is 0 Å². The van der Waals surface area contributed by atoms with Gasteiger partial charge in [0.25, 0.3) is 0 Å². The first-order valence-corrected chi connectivity index (χ1v) is 1.58. The molecular weight excluding hydrogens is 68.0 g/mol. The highest BCUT2D eigenvalue weighted by atomic mass is 16.3. The van der Waals surface area contributed by atoms with Crippen molar-refractivity contribution in [1.82, 2.24) is 0 Å². The van der Waals surface area contributed by atoms with E-state index >= 15 is 0 Å². The Morgan fingerprint density at radius 2 is 1.40 bits per heavy atom. The van der Waals surface area contributed by atoms with Crippen molar-refractivity contribution in [2.45, 2.75) is 6.42 Å². The van der Waals surface area contributed by atoms with E-state index in [-0.39, 0.29) is 19.6 Å². The largest absolute Gasteiger partial charge is 0.854 e. The summed E-state index contributed by atoms with van der Waals surface area (Å²) >= 11 is 0. The summed E-state index contributed by atoms with van der Waals surface area (Å²) in [5.74, 6) is 0. The van der Waals surface area contributed by atoms with E-state index in [1.807, 2.05) is 0 Å². The van der Waals surface area contributed by atoms with Crippen LogP contribution in [0, 0.1) is 0 Å². The van der Waals surface area contributed by atoms with Gasteiger partial charge < -0.3 is 10.2 Å². The Hall–Kier alpha value is -0.0800. The van der Waals surface area contributed by atoms with Gasteiger partial charge in [0.1, 0.15) is 0 Å². The van der Waals surface area contributed by atoms with Crippen LogP contribution in [0.3, 0.4) is 0 Å². The van der Waals surface area contributed by atoms with Crippen LogP contribution in [0.5, 0.6) is 0 Å². The lowest BCUT2D eigenvalue weighted by Crippen LogP contribution is -2.14. The minimum absolute atomic E-state index is 0.219. The lowest BCUT2D eigenvalue weighted by molar-refractivity contribution is -0.404. The van der Waals surface area contributed by atoms with Gasteiger partial charge in [-0.2, -0.15) is 0 Å². The Morgan fingerprint density at radius 3 is 1.40 bits per heavy atom. The molecule has 0 aromatic heterocycles. The second-order valence-corrected chi connectivity index (χ2v) is 0.762. The lowest BCUT2D eigenvalue weighted by atomic mass is 10.5. The zero-order valence-corrected chi connectivity index (χ0v) is 2.94. The van der Waals surface area contributed by atoms with Crippen LogP contribution in [-0.2, 0) is 0 Å². The van der Waals surface area contributed by atoms with Gasteiger partial charge in [-0.05, 0) is 0 Å². The first-order valence-electron chi connectivity index (χ1n) is 1.58. The second-order valence-electron chi connectivity index (χ2n) is 0.762. The van der Waals surface area contributed by atoms with Gasteiger partial charge in [-0.25, -0.2) is 0 Å². The van der Waals surface area contributed by atoms with E-state index in [9.17, 15) is 10.2 Å². The molecule has 0 saturated carbocycles. The fraction of sp³-hybridized carbons (Fsp3) is 1.00. The molecule has 0 bridgehead atoms. The van der Waals surface area contributed by atoms with Crippen LogP contribution in [0.25, 0.3) is 0 Å². The summed E-state index contributed by atoms with van der Waals surface area (Å²) in [7, 11) is 0. The van der Waals surface area contributed by atoms with Gasteiger partial charge in [-0.15, -0.1) is 13.2 Å². The molecular formula is C3H6O2-2. The first kappa shape index (κ1) is 4.92. The van der Waals surface area contributed by atoms with E-state index in [0.717, 1.165) is 0 Å². The van der Waals surface area contributed by atoms with E-state index in [0.29, 0.717) is 0 Å². The third kappa shape index (κ3) is 3.92. The Morgan fingerprint density at radius 1 is 1.00 bits per heavy atom. The van der Waals surface area contributed by atoms with Crippen molar-refractivity contribution >= 4 is 0 Å². The van der Waals surface area contributed by atoms with Gasteiger partial charge >= 0.3 is 0 Å². The highest BCUT2D eigenvalue weighted by Crippen LogP contribution is 1.57. The molecule has 0 heterocycles. The molecule has 32 valence electrons. The summed E-state index contributed by atoms with van der Waals surface area (Å²) in [5.41, 5.74) is 0. The molecule has 0 aliphatic heterocycles. The van der Waals surface area contributed by atoms with Gasteiger partial charge in [0.05, 0.1) is 0 Å². The minimum atomic E-state index is -0.219. The van der Waals surface area contributed by atoms with Gasteiger partial charge in [0, 0.05) is 0 Å². The number of hydrogen-bond donors (Lipinski definition) is 0. The topological polar surface area (TPSA) is 46.1 Å². The molecule has 0 aromatic carbocycles. The van der Waals surface area contributed by atoms with Gasteiger partial charge in [-0.1, -0.05) is 6.42 Å². The van der Waals surface area contributed by atoms with Gasteiger partial charge in [0.2, 0.25) is 0 Å². The quantitative estimate of drug-likeness (QED) is 0.384. The maximum absolute atomic E-state index is 9.33. The summed E-state index contributed by atoms with van der Waals surface area (Å²) in [6.45, 7) is -0.438. The highest BCUT2D eigenvalue weighted by molar-refractivity contribution is 4.18. The molecule has 0 aliphatic rings. The Balaban J connectivity index is 2.19. The van der Waals surface area contributed by atoms with E-state index in [1.54, 1.807) is 0 Å². The lowest BCUT2D eigenvalue weighted by Gasteiger charge is -2.02. The molecule has 0 fully saturated rings. The monoisotopic (exact) mass is 74.0 g/mol. The standard InChI is InChI=1S/C3H6O2/c4-2-1-3-5/h1-3H2/q-2. The molecule has 0 aromatic rings. The van der Waals surface area contributed by atoms with Gasteiger partial charge in [0.15, 0.2) is 0 Å². The minimum Gasteiger partial charge on any atom is -0.854 e. The van der Waals surface area contributed by atoms with Crippen LogP contribution in [-0.4, -0.2) is 13.2 Å². The molecule has 0 spiro atoms. The summed E-state index contributed by atoms with van der Waals surface area (Å²) in [6.07, 6.45) is 0.278. The average Bonchev–Trinajstić information content (AvgIpc) is 1.41. The second kappa shape index (κ2) is 3.92. The van der Waals surface area contributed by atoms with Crippen molar-refractivity contribution in [2.24, 2.45) is 0 Å². The summed E-state index contributed by atoms with van der Waals surface area (Å²) in [6, 6.07) is 0. The molecule has 0 aliphatic carbocycles. The summed E-state index contributed by atoms with van der Waals surface area (Å²) < 4.78 is 0. The Labute approximate surface area is 31.1 Å². The third-order valence-electron chi connectivity index (χ3n) is 0.289. The van der Waals surface area contributed by atoms with Crippen LogP contribution >= 0.6 is 0 Å². The average molecular weight is 74.1 g/mol. The Bertz CT molecular complexity index is 12.4. The predicted octanol–water partition coefficient (Wildman–Crippen LogP) is -1.90. The van der Waals surface area contributed by atoms with Crippen molar-refractivity contribution in [3.63, 3.8) is 0 Å². The van der Waals surface area contributed by atoms with Gasteiger partial charge in [-0.3, -0.25) is 0 Å². The van der Waals surface area contributed by atoms with E-state index in [1.165, 1.54) is 0 Å². The highest BCUT2D eigenvalue weighted by Gasteiger charge is 1.52. The molecule has 0 radical (unpaired) electrons. The van der Waals surface area contributed by atoms with E-state index < -0.39 is 0 Å². The maximum atomic E-state index is 9.33. The molecule has 0 amide bonds. The fourth-order valence-corrected chi connectivity index (χ4v) is 0.0589. The van der Waals surface area contributed by atoms with Crippen LogP contribution in [0.1, 0.15) is 6.42 Å².